The van der Waals surface area contributed by atoms with E-state index in [1.807, 2.05) is 31.2 Å². The lowest BCUT2D eigenvalue weighted by Gasteiger charge is -2.04. The van der Waals surface area contributed by atoms with Gasteiger partial charge in [-0.3, -0.25) is 5.10 Å². The summed E-state index contributed by atoms with van der Waals surface area (Å²) in [5.41, 5.74) is 3.52. The Morgan fingerprint density at radius 2 is 2.00 bits per heavy atom. The minimum absolute atomic E-state index is 0.283. The van der Waals surface area contributed by atoms with Gasteiger partial charge >= 0.3 is 0 Å². The highest BCUT2D eigenvalue weighted by Crippen LogP contribution is 2.20. The smallest absolute Gasteiger partial charge is 0.216 e. The number of aryl methyl sites for hydroxylation is 1. The Kier molecular flexibility index (Phi) is 5.02. The fraction of sp³-hybridized carbons (Fsp3) is 0.100. The van der Waals surface area contributed by atoms with E-state index in [9.17, 15) is 4.39 Å². The number of fused-ring (bicyclic) bond motifs is 1. The highest BCUT2D eigenvalue weighted by molar-refractivity contribution is 7.71. The minimum atomic E-state index is -0.283. The zero-order valence-corrected chi connectivity index (χ0v) is 16.4. The van der Waals surface area contributed by atoms with Crippen LogP contribution in [0.25, 0.3) is 10.9 Å². The lowest BCUT2D eigenvalue weighted by molar-refractivity contribution is 0.627. The molecule has 0 fully saturated rings. The number of halogens is 2. The van der Waals surface area contributed by atoms with E-state index in [4.69, 9.17) is 23.8 Å². The van der Waals surface area contributed by atoms with Gasteiger partial charge in [0.25, 0.3) is 0 Å². The standard InChI is InChI=1S/C20H15ClFN5S/c1-12-2-5-14-10-15(19(21)24-17(14)8-12)11-23-27-18(25-26-20(27)28)9-13-3-6-16(22)7-4-13/h2-8,10-11H,9H2,1H3,(H,26,28)/b23-11-. The van der Waals surface area contributed by atoms with E-state index in [-0.39, 0.29) is 5.82 Å². The molecule has 0 saturated carbocycles. The molecule has 2 heterocycles. The molecule has 0 spiro atoms. The largest absolute Gasteiger partial charge is 0.250 e. The number of pyridine rings is 1. The van der Waals surface area contributed by atoms with Crippen molar-refractivity contribution >= 4 is 40.9 Å². The Bertz CT molecular complexity index is 1240. The summed E-state index contributed by atoms with van der Waals surface area (Å²) in [5.74, 6) is 0.322. The Morgan fingerprint density at radius 3 is 2.79 bits per heavy atom. The van der Waals surface area contributed by atoms with Crippen LogP contribution in [0.2, 0.25) is 5.15 Å². The number of benzene rings is 2. The van der Waals surface area contributed by atoms with Crippen LogP contribution < -0.4 is 0 Å². The molecule has 0 unspecified atom stereocenters. The number of aromatic nitrogens is 4. The lowest BCUT2D eigenvalue weighted by atomic mass is 10.1. The molecule has 0 aliphatic heterocycles. The maximum Gasteiger partial charge on any atom is 0.216 e. The van der Waals surface area contributed by atoms with Gasteiger partial charge in [0.15, 0.2) is 5.82 Å². The number of nitrogens with one attached hydrogen (secondary N) is 1. The van der Waals surface area contributed by atoms with E-state index in [2.05, 4.69) is 20.3 Å². The zero-order chi connectivity index (χ0) is 19.7. The van der Waals surface area contributed by atoms with Crippen LogP contribution in [-0.2, 0) is 6.42 Å². The number of aromatic amines is 1. The van der Waals surface area contributed by atoms with Gasteiger partial charge in [0.2, 0.25) is 4.77 Å². The van der Waals surface area contributed by atoms with Gasteiger partial charge in [-0.2, -0.15) is 14.9 Å². The maximum absolute atomic E-state index is 13.1. The number of hydrogen-bond acceptors (Lipinski definition) is 4. The second-order valence-electron chi connectivity index (χ2n) is 6.37. The minimum Gasteiger partial charge on any atom is -0.250 e. The molecule has 1 N–H and O–H groups in total. The summed E-state index contributed by atoms with van der Waals surface area (Å²) in [7, 11) is 0. The number of nitrogens with zero attached hydrogens (tertiary/aromatic N) is 4. The van der Waals surface area contributed by atoms with Gasteiger partial charge in [-0.1, -0.05) is 35.9 Å². The molecule has 5 nitrogen and oxygen atoms in total. The van der Waals surface area contributed by atoms with E-state index in [1.54, 1.807) is 18.3 Å². The second-order valence-corrected chi connectivity index (χ2v) is 7.11. The van der Waals surface area contributed by atoms with Gasteiger partial charge in [-0.15, -0.1) is 0 Å². The van der Waals surface area contributed by atoms with Crippen molar-refractivity contribution in [1.82, 2.24) is 19.9 Å². The molecule has 0 amide bonds. The quantitative estimate of drug-likeness (QED) is 0.290. The first-order valence-corrected chi connectivity index (χ1v) is 9.30. The molecule has 0 radical (unpaired) electrons. The topological polar surface area (TPSA) is 58.9 Å². The first-order valence-electron chi connectivity index (χ1n) is 8.51. The van der Waals surface area contributed by atoms with E-state index in [0.717, 1.165) is 22.0 Å². The number of rotatable bonds is 4. The molecule has 0 aliphatic carbocycles. The van der Waals surface area contributed by atoms with Crippen LogP contribution in [0.3, 0.4) is 0 Å². The highest BCUT2D eigenvalue weighted by atomic mass is 35.5. The molecule has 0 bridgehead atoms. The summed E-state index contributed by atoms with van der Waals surface area (Å²) in [6.07, 6.45) is 2.06. The monoisotopic (exact) mass is 411 g/mol. The average molecular weight is 412 g/mol. The molecular formula is C20H15ClFN5S. The summed E-state index contributed by atoms with van der Waals surface area (Å²) >= 11 is 11.6. The normalized spacial score (nSPS) is 11.5. The molecule has 0 atom stereocenters. The summed E-state index contributed by atoms with van der Waals surface area (Å²) in [6.45, 7) is 2.01. The van der Waals surface area contributed by atoms with Crippen LogP contribution in [0, 0.1) is 17.5 Å². The van der Waals surface area contributed by atoms with Crippen LogP contribution in [-0.4, -0.2) is 26.1 Å². The van der Waals surface area contributed by atoms with Crippen molar-refractivity contribution in [3.63, 3.8) is 0 Å². The maximum atomic E-state index is 13.1. The van der Waals surface area contributed by atoms with Crippen molar-refractivity contribution in [2.75, 3.05) is 0 Å². The van der Waals surface area contributed by atoms with E-state index in [1.165, 1.54) is 16.8 Å². The Morgan fingerprint density at radius 1 is 1.21 bits per heavy atom. The van der Waals surface area contributed by atoms with Gasteiger partial charge in [-0.25, -0.2) is 9.37 Å². The Balaban J connectivity index is 1.66. The molecule has 0 aliphatic rings. The molecule has 4 rings (SSSR count). The van der Waals surface area contributed by atoms with E-state index in [0.29, 0.717) is 27.7 Å². The highest BCUT2D eigenvalue weighted by Gasteiger charge is 2.08. The lowest BCUT2D eigenvalue weighted by Crippen LogP contribution is -2.01. The molecule has 8 heteroatoms. The Labute approximate surface area is 170 Å². The van der Waals surface area contributed by atoms with E-state index >= 15 is 0 Å². The fourth-order valence-corrected chi connectivity index (χ4v) is 3.22. The number of hydrogen-bond donors (Lipinski definition) is 1. The van der Waals surface area contributed by atoms with Gasteiger partial charge < -0.3 is 0 Å². The van der Waals surface area contributed by atoms with Crippen molar-refractivity contribution in [3.05, 3.63) is 86.8 Å². The van der Waals surface area contributed by atoms with Crippen LogP contribution in [0.15, 0.2) is 53.6 Å². The van der Waals surface area contributed by atoms with Crippen molar-refractivity contribution < 1.29 is 4.39 Å². The fourth-order valence-electron chi connectivity index (χ4n) is 2.82. The summed E-state index contributed by atoms with van der Waals surface area (Å²) in [4.78, 5) is 4.44. The van der Waals surface area contributed by atoms with Gasteiger partial charge in [0, 0.05) is 17.4 Å². The van der Waals surface area contributed by atoms with Crippen molar-refractivity contribution in [1.29, 1.82) is 0 Å². The third-order valence-electron chi connectivity index (χ3n) is 4.26. The molecule has 4 aromatic rings. The summed E-state index contributed by atoms with van der Waals surface area (Å²) < 4.78 is 15.0. The van der Waals surface area contributed by atoms with Crippen LogP contribution in [0.5, 0.6) is 0 Å². The van der Waals surface area contributed by atoms with Crippen LogP contribution in [0.4, 0.5) is 4.39 Å². The zero-order valence-electron chi connectivity index (χ0n) is 14.9. The summed E-state index contributed by atoms with van der Waals surface area (Å²) in [5, 5.41) is 12.7. The molecule has 0 saturated heterocycles. The SMILES string of the molecule is Cc1ccc2cc(/C=N\n3c(Cc4ccc(F)cc4)n[nH]c3=S)c(Cl)nc2c1. The predicted octanol–water partition coefficient (Wildman–Crippen LogP) is 5.06. The third-order valence-corrected chi connectivity index (χ3v) is 4.83. The molecule has 2 aromatic heterocycles. The van der Waals surface area contributed by atoms with Crippen LogP contribution >= 0.6 is 23.8 Å². The third kappa shape index (κ3) is 3.85. The Hall–Kier alpha value is -2.90. The van der Waals surface area contributed by atoms with Gasteiger partial charge in [0.05, 0.1) is 11.7 Å². The number of H-pyrrole nitrogens is 1. The first-order chi connectivity index (χ1) is 13.5. The first kappa shape index (κ1) is 18.5. The molecular weight excluding hydrogens is 397 g/mol. The van der Waals surface area contributed by atoms with E-state index < -0.39 is 0 Å². The molecule has 28 heavy (non-hydrogen) atoms. The van der Waals surface area contributed by atoms with Crippen molar-refractivity contribution in [2.24, 2.45) is 5.10 Å². The summed E-state index contributed by atoms with van der Waals surface area (Å²) in [6, 6.07) is 14.1. The second kappa shape index (κ2) is 7.61. The predicted molar refractivity (Wildman–Crippen MR) is 111 cm³/mol. The van der Waals surface area contributed by atoms with Gasteiger partial charge in [0.1, 0.15) is 11.0 Å². The van der Waals surface area contributed by atoms with Crippen molar-refractivity contribution in [3.8, 4) is 0 Å². The molecule has 140 valence electrons. The van der Waals surface area contributed by atoms with Crippen LogP contribution in [0.1, 0.15) is 22.5 Å². The molecule has 2 aromatic carbocycles. The van der Waals surface area contributed by atoms with Gasteiger partial charge in [-0.05, 0) is 54.5 Å². The van der Waals surface area contributed by atoms with Crippen molar-refractivity contribution in [2.45, 2.75) is 13.3 Å². The average Bonchev–Trinajstić information content (AvgIpc) is 3.01.